The van der Waals surface area contributed by atoms with Crippen LogP contribution in [0.5, 0.6) is 0 Å². The molecule has 0 atom stereocenters. The summed E-state index contributed by atoms with van der Waals surface area (Å²) in [5.41, 5.74) is 0. The quantitative estimate of drug-likeness (QED) is 0.343. The highest BCUT2D eigenvalue weighted by molar-refractivity contribution is 4.82. The lowest BCUT2D eigenvalue weighted by Crippen LogP contribution is -2.24. The van der Waals surface area contributed by atoms with E-state index in [4.69, 9.17) is 0 Å². The molecule has 4 rings (SSSR count). The van der Waals surface area contributed by atoms with Gasteiger partial charge in [-0.2, -0.15) is 0 Å². The van der Waals surface area contributed by atoms with Crippen LogP contribution in [0, 0.1) is 47.3 Å². The molecule has 0 unspecified atom stereocenters. The number of hydrogen-bond acceptors (Lipinski definition) is 0. The van der Waals surface area contributed by atoms with Gasteiger partial charge in [0.2, 0.25) is 0 Å². The van der Waals surface area contributed by atoms with E-state index in [0.717, 1.165) is 47.3 Å². The van der Waals surface area contributed by atoms with Gasteiger partial charge in [-0.15, -0.1) is 0 Å². The lowest BCUT2D eigenvalue weighted by Gasteiger charge is -2.37. The van der Waals surface area contributed by atoms with Gasteiger partial charge in [0.25, 0.3) is 0 Å². The van der Waals surface area contributed by atoms with Crippen molar-refractivity contribution in [3.63, 3.8) is 0 Å². The van der Waals surface area contributed by atoms with Crippen molar-refractivity contribution >= 4 is 0 Å². The fourth-order valence-corrected chi connectivity index (χ4v) is 7.95. The minimum absolute atomic E-state index is 0. The van der Waals surface area contributed by atoms with Crippen molar-refractivity contribution in [1.82, 2.24) is 0 Å². The molecule has 0 saturated heterocycles. The Morgan fingerprint density at radius 1 is 0.286 bits per heavy atom. The normalized spacial score (nSPS) is 36.9. The molecule has 0 radical (unpaired) electrons. The smallest absolute Gasteiger partial charge is 0.0411 e. The summed E-state index contributed by atoms with van der Waals surface area (Å²) >= 11 is 0. The third-order valence-corrected chi connectivity index (χ3v) is 10.2. The van der Waals surface area contributed by atoms with Crippen LogP contribution in [0.15, 0.2) is 0 Å². The van der Waals surface area contributed by atoms with Crippen LogP contribution in [-0.4, -0.2) is 0 Å². The summed E-state index contributed by atoms with van der Waals surface area (Å²) in [4.78, 5) is 0. The summed E-state index contributed by atoms with van der Waals surface area (Å²) in [6.45, 7) is 4.93. The highest BCUT2D eigenvalue weighted by Gasteiger charge is 2.30. The van der Waals surface area contributed by atoms with E-state index < -0.39 is 0 Å². The first-order valence-electron chi connectivity index (χ1n) is 14.1. The molecule has 35 heavy (non-hydrogen) atoms. The largest absolute Gasteiger partial charge is 0.0776 e. The molecule has 0 heteroatoms. The number of rotatable bonds is 6. The van der Waals surface area contributed by atoms with Gasteiger partial charge in [-0.25, -0.2) is 0 Å². The van der Waals surface area contributed by atoms with Crippen LogP contribution in [0.25, 0.3) is 0 Å². The van der Waals surface area contributed by atoms with Crippen molar-refractivity contribution in [2.75, 3.05) is 0 Å². The molecule has 0 aliphatic heterocycles. The summed E-state index contributed by atoms with van der Waals surface area (Å²) in [5.74, 6) is 8.60. The van der Waals surface area contributed by atoms with E-state index >= 15 is 0 Å². The van der Waals surface area contributed by atoms with Crippen LogP contribution in [0.2, 0.25) is 0 Å². The second-order valence-electron chi connectivity index (χ2n) is 12.7. The summed E-state index contributed by atoms with van der Waals surface area (Å²) in [6.07, 6.45) is 29.6. The molecular formula is C35H76. The maximum Gasteiger partial charge on any atom is -0.0411 e. The zero-order valence-electron chi connectivity index (χ0n) is 20.1. The first-order valence-corrected chi connectivity index (χ1v) is 14.1. The molecule has 0 aromatic heterocycles. The van der Waals surface area contributed by atoms with Gasteiger partial charge in [0, 0.05) is 0 Å². The van der Waals surface area contributed by atoms with Crippen LogP contribution >= 0.6 is 0 Å². The van der Waals surface area contributed by atoms with Crippen molar-refractivity contribution in [2.45, 2.75) is 180 Å². The molecule has 0 nitrogen and oxygen atoms in total. The third-order valence-electron chi connectivity index (χ3n) is 10.2. The second-order valence-corrected chi connectivity index (χ2v) is 12.7. The van der Waals surface area contributed by atoms with Crippen molar-refractivity contribution in [3.8, 4) is 0 Å². The SMILES string of the molecule is C.C.C.C.C.C.CC1CCC(CC2CCC(CC3CCC(CC4CCC(C)CC4)CC3)CC2)CC1. The molecule has 216 valence electrons. The highest BCUT2D eigenvalue weighted by Crippen LogP contribution is 2.43. The Morgan fingerprint density at radius 2 is 0.429 bits per heavy atom. The maximum absolute atomic E-state index is 2.46. The molecule has 0 aromatic rings. The fourth-order valence-electron chi connectivity index (χ4n) is 7.95. The minimum Gasteiger partial charge on any atom is -0.0776 e. The van der Waals surface area contributed by atoms with Crippen molar-refractivity contribution in [2.24, 2.45) is 47.3 Å². The lowest BCUT2D eigenvalue weighted by molar-refractivity contribution is 0.154. The van der Waals surface area contributed by atoms with Crippen LogP contribution in [0.4, 0.5) is 0 Å². The van der Waals surface area contributed by atoms with E-state index in [1.54, 1.807) is 96.3 Å². The van der Waals surface area contributed by atoms with Gasteiger partial charge in [0.1, 0.15) is 0 Å². The lowest BCUT2D eigenvalue weighted by atomic mass is 9.69. The molecule has 4 aliphatic rings. The molecule has 4 aliphatic carbocycles. The first kappa shape index (κ1) is 39.5. The molecule has 0 amide bonds. The average Bonchev–Trinajstić information content (AvgIpc) is 2.74. The van der Waals surface area contributed by atoms with E-state index in [1.807, 2.05) is 0 Å². The van der Waals surface area contributed by atoms with Crippen LogP contribution in [0.1, 0.15) is 180 Å². The molecule has 0 N–H and O–H groups in total. The Hall–Kier alpha value is 0. The molecule has 4 fully saturated rings. The number of hydrogen-bond donors (Lipinski definition) is 0. The Balaban J connectivity index is -0.00000171. The topological polar surface area (TPSA) is 0 Å². The van der Waals surface area contributed by atoms with E-state index in [-0.39, 0.29) is 44.6 Å². The Bertz CT molecular complexity index is 393. The van der Waals surface area contributed by atoms with Gasteiger partial charge < -0.3 is 0 Å². The molecule has 0 heterocycles. The zero-order chi connectivity index (χ0) is 20.1. The Labute approximate surface area is 227 Å². The summed E-state index contributed by atoms with van der Waals surface area (Å²) in [6, 6.07) is 0. The monoisotopic (exact) mass is 497 g/mol. The minimum atomic E-state index is 0. The Morgan fingerprint density at radius 3 is 0.600 bits per heavy atom. The van der Waals surface area contributed by atoms with E-state index in [0.29, 0.717) is 0 Å². The fraction of sp³-hybridized carbons (Fsp3) is 1.00. The van der Waals surface area contributed by atoms with E-state index in [1.165, 1.54) is 25.7 Å². The van der Waals surface area contributed by atoms with Crippen LogP contribution in [-0.2, 0) is 0 Å². The van der Waals surface area contributed by atoms with E-state index in [9.17, 15) is 0 Å². The molecule has 0 spiro atoms. The first-order chi connectivity index (χ1) is 14.1. The molecular weight excluding hydrogens is 420 g/mol. The van der Waals surface area contributed by atoms with Crippen molar-refractivity contribution in [1.29, 1.82) is 0 Å². The zero-order valence-corrected chi connectivity index (χ0v) is 20.1. The van der Waals surface area contributed by atoms with E-state index in [2.05, 4.69) is 13.8 Å². The predicted octanol–water partition coefficient (Wildman–Crippen LogP) is 13.2. The van der Waals surface area contributed by atoms with Gasteiger partial charge in [-0.05, 0) is 66.6 Å². The molecule has 4 saturated carbocycles. The van der Waals surface area contributed by atoms with Gasteiger partial charge in [-0.1, -0.05) is 161 Å². The summed E-state index contributed by atoms with van der Waals surface area (Å²) < 4.78 is 0. The van der Waals surface area contributed by atoms with Gasteiger partial charge in [0.15, 0.2) is 0 Å². The highest BCUT2D eigenvalue weighted by atomic mass is 14.4. The molecule has 0 bridgehead atoms. The third kappa shape index (κ3) is 12.9. The predicted molar refractivity (Wildman–Crippen MR) is 167 cm³/mol. The van der Waals surface area contributed by atoms with Crippen molar-refractivity contribution in [3.05, 3.63) is 0 Å². The summed E-state index contributed by atoms with van der Waals surface area (Å²) in [5, 5.41) is 0. The second kappa shape index (κ2) is 20.0. The van der Waals surface area contributed by atoms with Crippen LogP contribution in [0.3, 0.4) is 0 Å². The van der Waals surface area contributed by atoms with Gasteiger partial charge in [0.05, 0.1) is 0 Å². The average molecular weight is 497 g/mol. The Kier molecular flexibility index (Phi) is 22.6. The molecule has 0 aromatic carbocycles. The van der Waals surface area contributed by atoms with Crippen molar-refractivity contribution < 1.29 is 0 Å². The van der Waals surface area contributed by atoms with Crippen LogP contribution < -0.4 is 0 Å². The maximum atomic E-state index is 2.46. The van der Waals surface area contributed by atoms with Gasteiger partial charge >= 0.3 is 0 Å². The van der Waals surface area contributed by atoms with Gasteiger partial charge in [-0.3, -0.25) is 0 Å². The standard InChI is InChI=1S/C29H52.6CH4/c1-22-3-7-24(8-4-22)19-26-11-15-28(16-12-26)21-29-17-13-27(14-18-29)20-25-9-5-23(2)6-10-25;;;;;;/h22-29H,3-21H2,1-2H3;6*1H4. The summed E-state index contributed by atoms with van der Waals surface area (Å²) in [7, 11) is 0.